The van der Waals surface area contributed by atoms with E-state index in [2.05, 4.69) is 0 Å². The Labute approximate surface area is 181 Å². The van der Waals surface area contributed by atoms with Crippen molar-refractivity contribution in [1.82, 2.24) is 0 Å². The van der Waals surface area contributed by atoms with Crippen LogP contribution in [-0.2, 0) is 19.1 Å². The molecule has 170 valence electrons. The highest BCUT2D eigenvalue weighted by Gasteiger charge is 2.75. The number of carbonyl (C=O) groups excluding carboxylic acids is 3. The summed E-state index contributed by atoms with van der Waals surface area (Å²) >= 11 is 0. The van der Waals surface area contributed by atoms with E-state index in [0.29, 0.717) is 18.4 Å². The van der Waals surface area contributed by atoms with Crippen LogP contribution in [0.4, 0.5) is 4.39 Å². The zero-order valence-electron chi connectivity index (χ0n) is 18.5. The Morgan fingerprint density at radius 1 is 1.32 bits per heavy atom. The molecule has 0 aromatic carbocycles. The zero-order valence-corrected chi connectivity index (χ0v) is 18.5. The van der Waals surface area contributed by atoms with Crippen LogP contribution >= 0.6 is 0 Å². The lowest BCUT2D eigenvalue weighted by atomic mass is 9.45. The molecule has 6 nitrogen and oxygen atoms in total. The van der Waals surface area contributed by atoms with Gasteiger partial charge in [0.1, 0.15) is 5.60 Å². The molecule has 0 aromatic heterocycles. The first-order chi connectivity index (χ1) is 14.3. The summed E-state index contributed by atoms with van der Waals surface area (Å²) in [5.41, 5.74) is -5.37. The minimum atomic E-state index is -2.01. The van der Waals surface area contributed by atoms with E-state index in [1.165, 1.54) is 13.0 Å². The minimum absolute atomic E-state index is 0.0470. The number of halogens is 1. The zero-order chi connectivity index (χ0) is 23.0. The van der Waals surface area contributed by atoms with E-state index < -0.39 is 64.3 Å². The number of ether oxygens (including phenoxy) is 1. The van der Waals surface area contributed by atoms with Crippen LogP contribution < -0.4 is 0 Å². The van der Waals surface area contributed by atoms with Crippen LogP contribution in [0.5, 0.6) is 0 Å². The second kappa shape index (κ2) is 6.82. The molecule has 0 radical (unpaired) electrons. The van der Waals surface area contributed by atoms with Crippen LogP contribution in [0.1, 0.15) is 53.4 Å². The van der Waals surface area contributed by atoms with Gasteiger partial charge in [-0.1, -0.05) is 32.9 Å². The van der Waals surface area contributed by atoms with Crippen molar-refractivity contribution in [3.05, 3.63) is 23.8 Å². The summed E-state index contributed by atoms with van der Waals surface area (Å²) in [6.45, 7) is 5.89. The first kappa shape index (κ1) is 22.3. The predicted molar refractivity (Wildman–Crippen MR) is 109 cm³/mol. The summed E-state index contributed by atoms with van der Waals surface area (Å²) in [6.07, 6.45) is 4.38. The van der Waals surface area contributed by atoms with E-state index in [1.807, 2.05) is 0 Å². The van der Waals surface area contributed by atoms with Gasteiger partial charge in [-0.2, -0.15) is 0 Å². The van der Waals surface area contributed by atoms with E-state index in [9.17, 15) is 24.6 Å². The monoisotopic (exact) mass is 434 g/mol. The molecule has 0 unspecified atom stereocenters. The van der Waals surface area contributed by atoms with Crippen molar-refractivity contribution in [2.24, 2.45) is 28.6 Å². The number of allylic oxidation sites excluding steroid dienone is 4. The van der Waals surface area contributed by atoms with Crippen LogP contribution in [0, 0.1) is 28.6 Å². The molecule has 0 spiro atoms. The minimum Gasteiger partial charge on any atom is -0.458 e. The van der Waals surface area contributed by atoms with Gasteiger partial charge >= 0.3 is 5.97 Å². The third-order valence-corrected chi connectivity index (χ3v) is 9.02. The number of hydrogen-bond donors (Lipinski definition) is 2. The molecule has 31 heavy (non-hydrogen) atoms. The van der Waals surface area contributed by atoms with Crippen molar-refractivity contribution in [2.45, 2.75) is 70.8 Å². The molecule has 2 fully saturated rings. The maximum atomic E-state index is 17.0. The molecule has 4 aliphatic carbocycles. The van der Waals surface area contributed by atoms with Gasteiger partial charge in [0.05, 0.1) is 6.10 Å². The van der Waals surface area contributed by atoms with Gasteiger partial charge in [0.2, 0.25) is 5.78 Å². The van der Waals surface area contributed by atoms with Crippen molar-refractivity contribution in [2.75, 3.05) is 6.61 Å². The molecule has 8 atom stereocenters. The first-order valence-corrected chi connectivity index (χ1v) is 11.0. The molecule has 2 saturated carbocycles. The van der Waals surface area contributed by atoms with Crippen LogP contribution in [0.25, 0.3) is 0 Å². The Hall–Kier alpha value is -1.86. The smallest absolute Gasteiger partial charge is 0.303 e. The largest absolute Gasteiger partial charge is 0.458 e. The number of aliphatic hydroxyl groups is 2. The number of ketones is 2. The summed E-state index contributed by atoms with van der Waals surface area (Å²) in [5.74, 6) is -2.89. The normalized spacial score (nSPS) is 48.4. The molecule has 4 rings (SSSR count). The number of fused-ring (bicyclic) bond motifs is 5. The fourth-order valence-corrected chi connectivity index (χ4v) is 7.23. The first-order valence-electron chi connectivity index (χ1n) is 11.0. The number of alkyl halides is 1. The summed E-state index contributed by atoms with van der Waals surface area (Å²) < 4.78 is 21.9. The Morgan fingerprint density at radius 2 is 2.00 bits per heavy atom. The standard InChI is InChI=1S/C24H31FO6/c1-13-9-18-17-6-5-15-10-16(27)7-8-21(15,3)23(17,25)19(28)11-22(18,4)24(13,30)20(29)12-31-14(2)26/h5-6,10,13,17-19,28,30H,7-9,11-12H2,1-4H3/t13-,17+,18+,19+,21+,22+,23+,24+/m1/s1. The molecular weight excluding hydrogens is 403 g/mol. The van der Waals surface area contributed by atoms with Gasteiger partial charge in [-0.25, -0.2) is 4.39 Å². The average Bonchev–Trinajstić information content (AvgIpc) is 2.89. The summed E-state index contributed by atoms with van der Waals surface area (Å²) in [7, 11) is 0. The van der Waals surface area contributed by atoms with Gasteiger partial charge in [-0.3, -0.25) is 14.4 Å². The topological polar surface area (TPSA) is 101 Å². The SMILES string of the molecule is CC(=O)OCC(=O)[C@@]1(O)[C@H](C)C[C@H]2[C@@H]3C=CC4=CC(=O)CC[C@]4(C)[C@@]3(F)[C@@H](O)C[C@@]21C. The second-order valence-corrected chi connectivity index (χ2v) is 10.4. The van der Waals surface area contributed by atoms with E-state index in [0.717, 1.165) is 0 Å². The molecule has 7 heteroatoms. The van der Waals surface area contributed by atoms with Crippen molar-refractivity contribution < 1.29 is 33.7 Å². The lowest BCUT2D eigenvalue weighted by Crippen LogP contribution is -2.69. The number of carbonyl (C=O) groups is 3. The van der Waals surface area contributed by atoms with Crippen molar-refractivity contribution in [3.8, 4) is 0 Å². The van der Waals surface area contributed by atoms with Gasteiger partial charge < -0.3 is 14.9 Å². The molecule has 4 aliphatic rings. The molecule has 0 amide bonds. The number of rotatable bonds is 3. The van der Waals surface area contributed by atoms with Crippen LogP contribution in [0.15, 0.2) is 23.8 Å². The lowest BCUT2D eigenvalue weighted by Gasteiger charge is -2.61. The maximum Gasteiger partial charge on any atom is 0.303 e. The maximum absolute atomic E-state index is 17.0. The van der Waals surface area contributed by atoms with Gasteiger partial charge in [0.25, 0.3) is 0 Å². The van der Waals surface area contributed by atoms with Gasteiger partial charge in [-0.05, 0) is 42.7 Å². The third-order valence-electron chi connectivity index (χ3n) is 9.02. The number of esters is 1. The highest BCUT2D eigenvalue weighted by molar-refractivity contribution is 5.93. The highest BCUT2D eigenvalue weighted by Crippen LogP contribution is 2.69. The quantitative estimate of drug-likeness (QED) is 0.662. The fourth-order valence-electron chi connectivity index (χ4n) is 7.23. The molecule has 2 N–H and O–H groups in total. The van der Waals surface area contributed by atoms with Crippen molar-refractivity contribution >= 4 is 17.5 Å². The number of Topliss-reactive ketones (excluding diaryl/α,β-unsaturated/α-hetero) is 1. The number of aliphatic hydroxyl groups excluding tert-OH is 1. The Balaban J connectivity index is 1.79. The second-order valence-electron chi connectivity index (χ2n) is 10.4. The molecule has 0 heterocycles. The molecule has 0 aliphatic heterocycles. The highest BCUT2D eigenvalue weighted by atomic mass is 19.1. The molecule has 0 saturated heterocycles. The van der Waals surface area contributed by atoms with Crippen molar-refractivity contribution in [3.63, 3.8) is 0 Å². The molecular formula is C24H31FO6. The van der Waals surface area contributed by atoms with Crippen LogP contribution in [-0.4, -0.2) is 51.7 Å². The summed E-state index contributed by atoms with van der Waals surface area (Å²) in [5, 5.41) is 22.9. The number of hydrogen-bond acceptors (Lipinski definition) is 6. The van der Waals surface area contributed by atoms with Crippen molar-refractivity contribution in [1.29, 1.82) is 0 Å². The average molecular weight is 435 g/mol. The van der Waals surface area contributed by atoms with E-state index in [4.69, 9.17) is 4.74 Å². The van der Waals surface area contributed by atoms with Gasteiger partial charge in [0, 0.05) is 30.1 Å². The Bertz CT molecular complexity index is 910. The van der Waals surface area contributed by atoms with Crippen LogP contribution in [0.2, 0.25) is 0 Å². The Kier molecular flexibility index (Phi) is 4.91. The van der Waals surface area contributed by atoms with E-state index in [-0.39, 0.29) is 18.6 Å². The lowest BCUT2D eigenvalue weighted by molar-refractivity contribution is -0.213. The van der Waals surface area contributed by atoms with Crippen LogP contribution in [0.3, 0.4) is 0 Å². The molecule has 0 bridgehead atoms. The summed E-state index contributed by atoms with van der Waals surface area (Å²) in [4.78, 5) is 36.2. The van der Waals surface area contributed by atoms with Gasteiger partial charge in [-0.15, -0.1) is 0 Å². The Morgan fingerprint density at radius 3 is 2.65 bits per heavy atom. The van der Waals surface area contributed by atoms with E-state index >= 15 is 4.39 Å². The van der Waals surface area contributed by atoms with Gasteiger partial charge in [0.15, 0.2) is 18.1 Å². The predicted octanol–water partition coefficient (Wildman–Crippen LogP) is 2.47. The molecule has 0 aromatic rings. The summed E-state index contributed by atoms with van der Waals surface area (Å²) in [6, 6.07) is 0. The fraction of sp³-hybridized carbons (Fsp3) is 0.708. The van der Waals surface area contributed by atoms with E-state index in [1.54, 1.807) is 32.9 Å². The third kappa shape index (κ3) is 2.65.